The third kappa shape index (κ3) is 4.62. The number of rotatable bonds is 7. The molecule has 2 nitrogen and oxygen atoms in total. The number of nitrogens with one attached hydrogen (secondary N) is 1. The highest BCUT2D eigenvalue weighted by molar-refractivity contribution is 9.11. The van der Waals surface area contributed by atoms with Crippen molar-refractivity contribution in [2.24, 2.45) is 0 Å². The molecule has 1 atom stereocenters. The molecule has 1 N–H and O–H groups in total. The van der Waals surface area contributed by atoms with Crippen LogP contribution in [0, 0.1) is 0 Å². The molecular formula is C16H20BrNOS. The van der Waals surface area contributed by atoms with E-state index in [1.807, 2.05) is 30.5 Å². The molecule has 0 saturated carbocycles. The second-order valence-corrected chi connectivity index (χ2v) is 7.33. The minimum atomic E-state index is 0.516. The molecule has 1 heterocycles. The predicted octanol–water partition coefficient (Wildman–Crippen LogP) is 4.28. The molecule has 0 saturated heterocycles. The Labute approximate surface area is 133 Å². The average molecular weight is 354 g/mol. The van der Waals surface area contributed by atoms with Gasteiger partial charge in [0.15, 0.2) is 0 Å². The van der Waals surface area contributed by atoms with Crippen LogP contribution in [0.4, 0.5) is 0 Å². The van der Waals surface area contributed by atoms with Gasteiger partial charge in [0.05, 0.1) is 10.9 Å². The van der Waals surface area contributed by atoms with Crippen molar-refractivity contribution in [2.75, 3.05) is 14.2 Å². The van der Waals surface area contributed by atoms with Gasteiger partial charge in [0.1, 0.15) is 5.75 Å². The lowest BCUT2D eigenvalue weighted by Crippen LogP contribution is -2.27. The van der Waals surface area contributed by atoms with E-state index in [0.29, 0.717) is 6.04 Å². The highest BCUT2D eigenvalue weighted by atomic mass is 79.9. The third-order valence-corrected chi connectivity index (χ3v) is 5.07. The topological polar surface area (TPSA) is 21.3 Å². The highest BCUT2D eigenvalue weighted by Gasteiger charge is 2.09. The monoisotopic (exact) mass is 353 g/mol. The van der Waals surface area contributed by atoms with Crippen LogP contribution in [0.1, 0.15) is 16.9 Å². The summed E-state index contributed by atoms with van der Waals surface area (Å²) in [5.41, 5.74) is 1.36. The van der Waals surface area contributed by atoms with Crippen LogP contribution >= 0.6 is 27.3 Å². The van der Waals surface area contributed by atoms with E-state index >= 15 is 0 Å². The molecule has 1 aromatic heterocycles. The standard InChI is InChI=1S/C16H20BrNOS/c1-18-13(11-15-9-10-16(17)20-15)6-3-12-4-7-14(19-2)8-5-12/h4-5,7-10,13,18H,3,6,11H2,1-2H3. The van der Waals surface area contributed by atoms with Crippen LogP contribution in [0.2, 0.25) is 0 Å². The van der Waals surface area contributed by atoms with Crippen molar-refractivity contribution in [1.29, 1.82) is 0 Å². The number of hydrogen-bond donors (Lipinski definition) is 1. The van der Waals surface area contributed by atoms with Gasteiger partial charge < -0.3 is 10.1 Å². The van der Waals surface area contributed by atoms with E-state index in [4.69, 9.17) is 4.74 Å². The van der Waals surface area contributed by atoms with Gasteiger partial charge in [0.2, 0.25) is 0 Å². The largest absolute Gasteiger partial charge is 0.497 e. The number of benzene rings is 1. The second kappa shape index (κ2) is 7.81. The minimum absolute atomic E-state index is 0.516. The Bertz CT molecular complexity index is 524. The maximum Gasteiger partial charge on any atom is 0.118 e. The van der Waals surface area contributed by atoms with E-state index in [-0.39, 0.29) is 0 Å². The normalized spacial score (nSPS) is 12.3. The van der Waals surface area contributed by atoms with Gasteiger partial charge in [-0.2, -0.15) is 0 Å². The van der Waals surface area contributed by atoms with Gasteiger partial charge in [-0.15, -0.1) is 11.3 Å². The summed E-state index contributed by atoms with van der Waals surface area (Å²) in [6.07, 6.45) is 3.31. The first kappa shape index (κ1) is 15.5. The molecular weight excluding hydrogens is 334 g/mol. The number of halogens is 1. The molecule has 4 heteroatoms. The maximum absolute atomic E-state index is 5.18. The van der Waals surface area contributed by atoms with Crippen LogP contribution in [-0.4, -0.2) is 20.2 Å². The Morgan fingerprint density at radius 2 is 1.95 bits per heavy atom. The van der Waals surface area contributed by atoms with E-state index in [9.17, 15) is 0 Å². The molecule has 0 spiro atoms. The number of hydrogen-bond acceptors (Lipinski definition) is 3. The summed E-state index contributed by atoms with van der Waals surface area (Å²) in [4.78, 5) is 1.42. The lowest BCUT2D eigenvalue weighted by molar-refractivity contribution is 0.414. The molecule has 0 amide bonds. The lowest BCUT2D eigenvalue weighted by atomic mass is 10.0. The fraction of sp³-hybridized carbons (Fsp3) is 0.375. The van der Waals surface area contributed by atoms with E-state index in [0.717, 1.165) is 25.0 Å². The summed E-state index contributed by atoms with van der Waals surface area (Å²) in [6, 6.07) is 13.2. The molecule has 1 aromatic carbocycles. The molecule has 0 fully saturated rings. The SMILES string of the molecule is CNC(CCc1ccc(OC)cc1)Cc1ccc(Br)s1. The van der Waals surface area contributed by atoms with Crippen LogP contribution in [0.3, 0.4) is 0 Å². The first-order valence-corrected chi connectivity index (χ1v) is 8.36. The van der Waals surface area contributed by atoms with Crippen molar-refractivity contribution in [1.82, 2.24) is 5.32 Å². The van der Waals surface area contributed by atoms with Crippen LogP contribution in [-0.2, 0) is 12.8 Å². The quantitative estimate of drug-likeness (QED) is 0.801. The third-order valence-electron chi connectivity index (χ3n) is 3.43. The zero-order valence-corrected chi connectivity index (χ0v) is 14.3. The van der Waals surface area contributed by atoms with Crippen molar-refractivity contribution in [3.05, 3.63) is 50.6 Å². The number of ether oxygens (including phenoxy) is 1. The van der Waals surface area contributed by atoms with Crippen LogP contribution in [0.15, 0.2) is 40.2 Å². The molecule has 0 bridgehead atoms. The number of likely N-dealkylation sites (N-methyl/N-ethyl adjacent to an activating group) is 1. The Kier molecular flexibility index (Phi) is 6.07. The van der Waals surface area contributed by atoms with Crippen LogP contribution in [0.25, 0.3) is 0 Å². The summed E-state index contributed by atoms with van der Waals surface area (Å²) in [5, 5.41) is 3.42. The fourth-order valence-corrected chi connectivity index (χ4v) is 3.75. The number of aryl methyl sites for hydroxylation is 1. The molecule has 2 rings (SSSR count). The van der Waals surface area contributed by atoms with E-state index in [1.54, 1.807) is 7.11 Å². The first-order chi connectivity index (χ1) is 9.71. The van der Waals surface area contributed by atoms with Crippen LogP contribution < -0.4 is 10.1 Å². The fourth-order valence-electron chi connectivity index (χ4n) is 2.19. The summed E-state index contributed by atoms with van der Waals surface area (Å²) in [5.74, 6) is 0.919. The van der Waals surface area contributed by atoms with E-state index in [1.165, 1.54) is 14.2 Å². The summed E-state index contributed by atoms with van der Waals surface area (Å²) in [7, 11) is 3.74. The van der Waals surface area contributed by atoms with Crippen LogP contribution in [0.5, 0.6) is 5.75 Å². The summed E-state index contributed by atoms with van der Waals surface area (Å²) >= 11 is 5.34. The molecule has 2 aromatic rings. The van der Waals surface area contributed by atoms with Gasteiger partial charge in [-0.25, -0.2) is 0 Å². The summed E-state index contributed by atoms with van der Waals surface area (Å²) in [6.45, 7) is 0. The van der Waals surface area contributed by atoms with Gasteiger partial charge >= 0.3 is 0 Å². The van der Waals surface area contributed by atoms with Crippen molar-refractivity contribution >= 4 is 27.3 Å². The molecule has 0 aliphatic rings. The molecule has 20 heavy (non-hydrogen) atoms. The van der Waals surface area contributed by atoms with Gasteiger partial charge in [-0.1, -0.05) is 12.1 Å². The second-order valence-electron chi connectivity index (χ2n) is 4.78. The van der Waals surface area contributed by atoms with Crippen molar-refractivity contribution in [3.8, 4) is 5.75 Å². The van der Waals surface area contributed by atoms with Gasteiger partial charge in [0.25, 0.3) is 0 Å². The first-order valence-electron chi connectivity index (χ1n) is 6.75. The number of thiophene rings is 1. The molecule has 0 aliphatic carbocycles. The Hall–Kier alpha value is -0.840. The lowest BCUT2D eigenvalue weighted by Gasteiger charge is -2.15. The van der Waals surface area contributed by atoms with Crippen molar-refractivity contribution in [3.63, 3.8) is 0 Å². The van der Waals surface area contributed by atoms with E-state index in [2.05, 4.69) is 45.5 Å². The highest BCUT2D eigenvalue weighted by Crippen LogP contribution is 2.24. The molecule has 0 aliphatic heterocycles. The molecule has 1 unspecified atom stereocenters. The van der Waals surface area contributed by atoms with Gasteiger partial charge in [0, 0.05) is 10.9 Å². The van der Waals surface area contributed by atoms with Gasteiger partial charge in [-0.3, -0.25) is 0 Å². The van der Waals surface area contributed by atoms with Crippen molar-refractivity contribution < 1.29 is 4.74 Å². The Morgan fingerprint density at radius 3 is 2.50 bits per heavy atom. The zero-order valence-electron chi connectivity index (χ0n) is 11.9. The predicted molar refractivity (Wildman–Crippen MR) is 89.9 cm³/mol. The van der Waals surface area contributed by atoms with Crippen molar-refractivity contribution in [2.45, 2.75) is 25.3 Å². The van der Waals surface area contributed by atoms with E-state index < -0.39 is 0 Å². The summed E-state index contributed by atoms with van der Waals surface area (Å²) < 4.78 is 6.39. The molecule has 0 radical (unpaired) electrons. The van der Waals surface area contributed by atoms with Gasteiger partial charge in [-0.05, 0) is 72.1 Å². The minimum Gasteiger partial charge on any atom is -0.497 e. The number of methoxy groups -OCH3 is 1. The zero-order chi connectivity index (χ0) is 14.4. The Balaban J connectivity index is 1.86. The smallest absolute Gasteiger partial charge is 0.118 e. The maximum atomic E-state index is 5.18. The Morgan fingerprint density at radius 1 is 1.20 bits per heavy atom. The molecule has 108 valence electrons. The average Bonchev–Trinajstić information content (AvgIpc) is 2.89.